The Labute approximate surface area is 156 Å². The number of aromatic amines is 1. The van der Waals surface area contributed by atoms with Gasteiger partial charge in [0.25, 0.3) is 11.7 Å². The van der Waals surface area contributed by atoms with Gasteiger partial charge in [0.1, 0.15) is 18.8 Å². The quantitative estimate of drug-likeness (QED) is 0.768. The molecule has 6 heteroatoms. The zero-order valence-electron chi connectivity index (χ0n) is 14.4. The van der Waals surface area contributed by atoms with Gasteiger partial charge in [0.05, 0.1) is 23.8 Å². The van der Waals surface area contributed by atoms with Crippen molar-refractivity contribution < 1.29 is 14.5 Å². The highest BCUT2D eigenvalue weighted by molar-refractivity contribution is 9.10. The molecule has 1 aromatic heterocycles. The van der Waals surface area contributed by atoms with Crippen molar-refractivity contribution in [1.82, 2.24) is 4.90 Å². The molecule has 1 saturated heterocycles. The second-order valence-electron chi connectivity index (χ2n) is 6.02. The lowest BCUT2D eigenvalue weighted by atomic mass is 10.2. The molecule has 1 N–H and O–H groups in total. The minimum absolute atomic E-state index is 0.0307. The Hall–Kier alpha value is -2.08. The first-order chi connectivity index (χ1) is 12.2. The lowest BCUT2D eigenvalue weighted by Gasteiger charge is -2.30. The van der Waals surface area contributed by atoms with Gasteiger partial charge in [-0.05, 0) is 46.1 Å². The van der Waals surface area contributed by atoms with Gasteiger partial charge in [-0.1, -0.05) is 19.1 Å². The van der Waals surface area contributed by atoms with Crippen molar-refractivity contribution in [2.24, 2.45) is 0 Å². The summed E-state index contributed by atoms with van der Waals surface area (Å²) in [6, 6.07) is 12.0. The number of carbonyl (C=O) groups excluding carboxylic acids is 1. The first-order valence-electron chi connectivity index (χ1n) is 8.58. The van der Waals surface area contributed by atoms with Crippen LogP contribution in [0.15, 0.2) is 47.1 Å². The summed E-state index contributed by atoms with van der Waals surface area (Å²) in [6.45, 7) is 5.24. The molecule has 0 atom stereocenters. The Morgan fingerprint density at radius 1 is 1.20 bits per heavy atom. The Bertz CT molecular complexity index is 716. The number of ether oxygens (including phenoxy) is 1. The van der Waals surface area contributed by atoms with Gasteiger partial charge in [0, 0.05) is 6.07 Å². The first kappa shape index (κ1) is 17.7. The minimum atomic E-state index is 0.0307. The number of piperazine rings is 1. The molecule has 1 amide bonds. The number of amides is 1. The van der Waals surface area contributed by atoms with E-state index in [9.17, 15) is 4.79 Å². The SMILES string of the molecule is CCc1ccc(OCC(=O)N2CCN(c3cccc[nH+]3)CC2)c(Br)c1. The van der Waals surface area contributed by atoms with Crippen LogP contribution in [0.1, 0.15) is 12.5 Å². The number of benzene rings is 1. The summed E-state index contributed by atoms with van der Waals surface area (Å²) >= 11 is 3.51. The number of hydrogen-bond donors (Lipinski definition) is 0. The van der Waals surface area contributed by atoms with Crippen LogP contribution in [0.3, 0.4) is 0 Å². The third kappa shape index (κ3) is 4.51. The Morgan fingerprint density at radius 2 is 2.00 bits per heavy atom. The maximum absolute atomic E-state index is 12.4. The molecule has 1 aliphatic heterocycles. The van der Waals surface area contributed by atoms with Gasteiger partial charge in [-0.2, -0.15) is 0 Å². The average Bonchev–Trinajstić information content (AvgIpc) is 2.67. The fourth-order valence-corrected chi connectivity index (χ4v) is 3.43. The molecular formula is C19H23BrN3O2+. The third-order valence-corrected chi connectivity index (χ3v) is 5.04. The van der Waals surface area contributed by atoms with Crippen LogP contribution in [0.5, 0.6) is 5.75 Å². The second kappa shape index (κ2) is 8.34. The van der Waals surface area contributed by atoms with Crippen molar-refractivity contribution in [2.45, 2.75) is 13.3 Å². The second-order valence-corrected chi connectivity index (χ2v) is 6.88. The van der Waals surface area contributed by atoms with Gasteiger partial charge in [-0.15, -0.1) is 0 Å². The highest BCUT2D eigenvalue weighted by atomic mass is 79.9. The predicted molar refractivity (Wildman–Crippen MR) is 101 cm³/mol. The maximum Gasteiger partial charge on any atom is 0.274 e. The van der Waals surface area contributed by atoms with Crippen LogP contribution >= 0.6 is 15.9 Å². The number of halogens is 1. The molecule has 0 bridgehead atoms. The molecule has 3 rings (SSSR count). The van der Waals surface area contributed by atoms with Gasteiger partial charge >= 0.3 is 0 Å². The van der Waals surface area contributed by atoms with Crippen LogP contribution in [0.4, 0.5) is 5.82 Å². The summed E-state index contributed by atoms with van der Waals surface area (Å²) < 4.78 is 6.60. The molecule has 0 aliphatic carbocycles. The van der Waals surface area contributed by atoms with Crippen molar-refractivity contribution in [3.63, 3.8) is 0 Å². The fourth-order valence-electron chi connectivity index (χ4n) is 2.89. The molecule has 0 radical (unpaired) electrons. The number of aryl methyl sites for hydroxylation is 1. The number of aromatic nitrogens is 1. The van der Waals surface area contributed by atoms with Crippen molar-refractivity contribution in [3.05, 3.63) is 52.6 Å². The van der Waals surface area contributed by atoms with Crippen LogP contribution < -0.4 is 14.6 Å². The van der Waals surface area contributed by atoms with E-state index in [1.807, 2.05) is 41.4 Å². The van der Waals surface area contributed by atoms with E-state index in [0.29, 0.717) is 18.8 Å². The summed E-state index contributed by atoms with van der Waals surface area (Å²) in [4.78, 5) is 19.8. The van der Waals surface area contributed by atoms with E-state index >= 15 is 0 Å². The van der Waals surface area contributed by atoms with E-state index < -0.39 is 0 Å². The molecule has 2 aromatic rings. The van der Waals surface area contributed by atoms with Crippen LogP contribution in [0.25, 0.3) is 0 Å². The number of carbonyl (C=O) groups is 1. The van der Waals surface area contributed by atoms with Gasteiger partial charge in [0.2, 0.25) is 0 Å². The van der Waals surface area contributed by atoms with Gasteiger partial charge in [-0.25, -0.2) is 4.98 Å². The number of H-pyrrole nitrogens is 1. The topological polar surface area (TPSA) is 46.9 Å². The molecule has 2 heterocycles. The highest BCUT2D eigenvalue weighted by Crippen LogP contribution is 2.26. The Kier molecular flexibility index (Phi) is 5.91. The summed E-state index contributed by atoms with van der Waals surface area (Å²) in [5, 5.41) is 0. The number of nitrogens with zero attached hydrogens (tertiary/aromatic N) is 2. The standard InChI is InChI=1S/C19H22BrN3O2/c1-2-15-6-7-17(16(20)13-15)25-14-19(24)23-11-9-22(10-12-23)18-5-3-4-8-21-18/h3-8,13H,2,9-12,14H2,1H3/p+1. The highest BCUT2D eigenvalue weighted by Gasteiger charge is 2.26. The zero-order valence-corrected chi connectivity index (χ0v) is 16.0. The summed E-state index contributed by atoms with van der Waals surface area (Å²) in [6.07, 6.45) is 2.89. The summed E-state index contributed by atoms with van der Waals surface area (Å²) in [5.41, 5.74) is 1.24. The van der Waals surface area contributed by atoms with Crippen LogP contribution in [-0.4, -0.2) is 43.6 Å². The summed E-state index contributed by atoms with van der Waals surface area (Å²) in [7, 11) is 0. The van der Waals surface area contributed by atoms with Gasteiger partial charge in [-0.3, -0.25) is 9.69 Å². The summed E-state index contributed by atoms with van der Waals surface area (Å²) in [5.74, 6) is 1.83. The van der Waals surface area contributed by atoms with Crippen molar-refractivity contribution in [1.29, 1.82) is 0 Å². The molecule has 0 unspecified atom stereocenters. The van der Waals surface area contributed by atoms with Crippen molar-refractivity contribution in [2.75, 3.05) is 37.7 Å². The number of nitrogens with one attached hydrogen (secondary N) is 1. The Balaban J connectivity index is 1.50. The molecule has 1 aromatic carbocycles. The van der Waals surface area contributed by atoms with E-state index in [2.05, 4.69) is 38.8 Å². The third-order valence-electron chi connectivity index (χ3n) is 4.42. The molecule has 5 nitrogen and oxygen atoms in total. The van der Waals surface area contributed by atoms with Gasteiger partial charge in [0.15, 0.2) is 6.61 Å². The van der Waals surface area contributed by atoms with Crippen LogP contribution in [-0.2, 0) is 11.2 Å². The maximum atomic E-state index is 12.4. The van der Waals surface area contributed by atoms with Crippen molar-refractivity contribution >= 4 is 27.7 Å². The predicted octanol–water partition coefficient (Wildman–Crippen LogP) is 2.55. The van der Waals surface area contributed by atoms with Crippen LogP contribution in [0, 0.1) is 0 Å². The van der Waals surface area contributed by atoms with Crippen molar-refractivity contribution in [3.8, 4) is 5.75 Å². The van der Waals surface area contributed by atoms with E-state index in [4.69, 9.17) is 4.74 Å². The fraction of sp³-hybridized carbons (Fsp3) is 0.368. The number of rotatable bonds is 5. The molecule has 0 saturated carbocycles. The lowest BCUT2D eigenvalue weighted by Crippen LogP contribution is -2.51. The largest absolute Gasteiger partial charge is 0.483 e. The number of hydrogen-bond acceptors (Lipinski definition) is 3. The Morgan fingerprint density at radius 3 is 2.64 bits per heavy atom. The number of anilines is 1. The van der Waals surface area contributed by atoms with Crippen LogP contribution in [0.2, 0.25) is 0 Å². The molecular weight excluding hydrogens is 382 g/mol. The normalized spacial score (nSPS) is 14.5. The van der Waals surface area contributed by atoms with E-state index in [1.54, 1.807) is 0 Å². The monoisotopic (exact) mass is 404 g/mol. The van der Waals surface area contributed by atoms with Gasteiger partial charge < -0.3 is 9.64 Å². The molecule has 25 heavy (non-hydrogen) atoms. The molecule has 1 fully saturated rings. The van der Waals surface area contributed by atoms with E-state index in [1.165, 1.54) is 5.56 Å². The average molecular weight is 405 g/mol. The molecule has 1 aliphatic rings. The first-order valence-corrected chi connectivity index (χ1v) is 9.37. The minimum Gasteiger partial charge on any atom is -0.483 e. The molecule has 132 valence electrons. The number of pyridine rings is 1. The smallest absolute Gasteiger partial charge is 0.274 e. The molecule has 0 spiro atoms. The van der Waals surface area contributed by atoms with E-state index in [0.717, 1.165) is 29.8 Å². The lowest BCUT2D eigenvalue weighted by molar-refractivity contribution is -0.364. The zero-order chi connectivity index (χ0) is 17.6. The van der Waals surface area contributed by atoms with E-state index in [-0.39, 0.29) is 12.5 Å².